The zero-order chi connectivity index (χ0) is 13.6. The van der Waals surface area contributed by atoms with Crippen LogP contribution in [0.5, 0.6) is 0 Å². The first-order valence-electron chi connectivity index (χ1n) is 7.07. The van der Waals surface area contributed by atoms with Crippen LogP contribution in [0.2, 0.25) is 0 Å². The van der Waals surface area contributed by atoms with Crippen molar-refractivity contribution in [2.24, 2.45) is 11.1 Å². The lowest BCUT2D eigenvalue weighted by molar-refractivity contribution is -0.134. The minimum Gasteiger partial charge on any atom is -0.378 e. The second-order valence-electron chi connectivity index (χ2n) is 5.61. The number of amides is 1. The monoisotopic (exact) mass is 256 g/mol. The third-order valence-corrected chi connectivity index (χ3v) is 4.77. The molecule has 4 nitrogen and oxygen atoms in total. The van der Waals surface area contributed by atoms with Crippen molar-refractivity contribution in [2.45, 2.75) is 58.0 Å². The van der Waals surface area contributed by atoms with Gasteiger partial charge in [-0.15, -0.1) is 0 Å². The number of nitrogens with two attached hydrogens (primary N) is 1. The molecule has 1 amide bonds. The van der Waals surface area contributed by atoms with Gasteiger partial charge < -0.3 is 15.8 Å². The van der Waals surface area contributed by atoms with Crippen LogP contribution in [0.3, 0.4) is 0 Å². The summed E-state index contributed by atoms with van der Waals surface area (Å²) < 4.78 is 5.47. The Balaban J connectivity index is 2.40. The summed E-state index contributed by atoms with van der Waals surface area (Å²) in [6.07, 6.45) is 5.64. The highest BCUT2D eigenvalue weighted by atomic mass is 16.5. The van der Waals surface area contributed by atoms with Crippen LogP contribution in [0.1, 0.15) is 52.4 Å². The maximum atomic E-state index is 12.0. The van der Waals surface area contributed by atoms with Crippen molar-refractivity contribution in [3.05, 3.63) is 0 Å². The highest BCUT2D eigenvalue weighted by Gasteiger charge is 2.39. The number of hydrogen-bond donors (Lipinski definition) is 2. The first-order chi connectivity index (χ1) is 8.55. The van der Waals surface area contributed by atoms with Crippen LogP contribution in [0.4, 0.5) is 0 Å². The smallest absolute Gasteiger partial charge is 0.222 e. The molecular formula is C14H28N2O2. The van der Waals surface area contributed by atoms with E-state index in [2.05, 4.69) is 19.2 Å². The van der Waals surface area contributed by atoms with Crippen molar-refractivity contribution in [2.75, 3.05) is 20.2 Å². The van der Waals surface area contributed by atoms with Gasteiger partial charge in [0.15, 0.2) is 0 Å². The Kier molecular flexibility index (Phi) is 5.60. The molecule has 1 aliphatic rings. The number of rotatable bonds is 8. The highest BCUT2D eigenvalue weighted by molar-refractivity contribution is 5.77. The number of hydrogen-bond acceptors (Lipinski definition) is 3. The van der Waals surface area contributed by atoms with Crippen LogP contribution < -0.4 is 11.1 Å². The Bertz CT molecular complexity index is 257. The first-order valence-corrected chi connectivity index (χ1v) is 7.07. The van der Waals surface area contributed by atoms with Crippen molar-refractivity contribution < 1.29 is 9.53 Å². The molecule has 0 spiro atoms. The van der Waals surface area contributed by atoms with Gasteiger partial charge in [0.2, 0.25) is 5.91 Å². The molecule has 0 atom stereocenters. The van der Waals surface area contributed by atoms with E-state index < -0.39 is 0 Å². The van der Waals surface area contributed by atoms with Gasteiger partial charge in [-0.25, -0.2) is 0 Å². The van der Waals surface area contributed by atoms with E-state index in [0.29, 0.717) is 19.5 Å². The summed E-state index contributed by atoms with van der Waals surface area (Å²) in [5.74, 6) is 0.0938. The molecule has 1 fully saturated rings. The molecule has 0 unspecified atom stereocenters. The minimum atomic E-state index is -0.187. The Hall–Kier alpha value is -0.610. The standard InChI is InChI=1S/C14H28N2O2/c1-4-13(5-2,10-15)11-16-12(17)9-14(18-3)7-6-8-14/h4-11,15H2,1-3H3,(H,16,17). The molecule has 0 radical (unpaired) electrons. The van der Waals surface area contributed by atoms with Crippen LogP contribution >= 0.6 is 0 Å². The zero-order valence-electron chi connectivity index (χ0n) is 12.1. The molecule has 0 saturated heterocycles. The fourth-order valence-electron chi connectivity index (χ4n) is 2.53. The molecule has 0 aromatic rings. The predicted molar refractivity (Wildman–Crippen MR) is 73.3 cm³/mol. The highest BCUT2D eigenvalue weighted by Crippen LogP contribution is 2.37. The molecule has 1 saturated carbocycles. The van der Waals surface area contributed by atoms with E-state index >= 15 is 0 Å². The molecule has 18 heavy (non-hydrogen) atoms. The van der Waals surface area contributed by atoms with Gasteiger partial charge in [0.1, 0.15) is 0 Å². The summed E-state index contributed by atoms with van der Waals surface area (Å²) in [7, 11) is 1.70. The van der Waals surface area contributed by atoms with Crippen molar-refractivity contribution >= 4 is 5.91 Å². The molecule has 1 rings (SSSR count). The van der Waals surface area contributed by atoms with Gasteiger partial charge in [-0.1, -0.05) is 13.8 Å². The average molecular weight is 256 g/mol. The Morgan fingerprint density at radius 2 is 2.00 bits per heavy atom. The van der Waals surface area contributed by atoms with Crippen molar-refractivity contribution in [1.82, 2.24) is 5.32 Å². The molecule has 0 aromatic carbocycles. The summed E-state index contributed by atoms with van der Waals surface area (Å²) in [5.41, 5.74) is 5.69. The maximum absolute atomic E-state index is 12.0. The molecule has 106 valence electrons. The lowest BCUT2D eigenvalue weighted by atomic mass is 9.77. The number of methoxy groups -OCH3 is 1. The van der Waals surface area contributed by atoms with Gasteiger partial charge in [-0.2, -0.15) is 0 Å². The summed E-state index contributed by atoms with van der Waals surface area (Å²) in [6.45, 7) is 5.56. The molecule has 1 aliphatic carbocycles. The molecule has 0 aromatic heterocycles. The van der Waals surface area contributed by atoms with Gasteiger partial charge in [0.25, 0.3) is 0 Å². The number of carbonyl (C=O) groups is 1. The third-order valence-electron chi connectivity index (χ3n) is 4.77. The normalized spacial score (nSPS) is 18.2. The zero-order valence-corrected chi connectivity index (χ0v) is 12.1. The van der Waals surface area contributed by atoms with E-state index in [1.54, 1.807) is 7.11 Å². The lowest BCUT2D eigenvalue weighted by Crippen LogP contribution is -2.47. The quantitative estimate of drug-likeness (QED) is 0.696. The molecule has 0 bridgehead atoms. The summed E-state index contributed by atoms with van der Waals surface area (Å²) in [4.78, 5) is 12.0. The molecular weight excluding hydrogens is 228 g/mol. The average Bonchev–Trinajstić information content (AvgIpc) is 2.36. The van der Waals surface area contributed by atoms with Gasteiger partial charge in [-0.3, -0.25) is 4.79 Å². The van der Waals surface area contributed by atoms with Crippen LogP contribution in [-0.2, 0) is 9.53 Å². The summed E-state index contributed by atoms with van der Waals surface area (Å²) in [5, 5.41) is 3.04. The van der Waals surface area contributed by atoms with Gasteiger partial charge in [-0.05, 0) is 44.1 Å². The minimum absolute atomic E-state index is 0.0511. The van der Waals surface area contributed by atoms with Crippen LogP contribution in [0, 0.1) is 5.41 Å². The van der Waals surface area contributed by atoms with E-state index in [9.17, 15) is 4.79 Å². The van der Waals surface area contributed by atoms with Gasteiger partial charge in [0, 0.05) is 13.7 Å². The van der Waals surface area contributed by atoms with E-state index in [1.165, 1.54) is 0 Å². The van der Waals surface area contributed by atoms with E-state index in [4.69, 9.17) is 10.5 Å². The Morgan fingerprint density at radius 3 is 2.33 bits per heavy atom. The first kappa shape index (κ1) is 15.4. The fraction of sp³-hybridized carbons (Fsp3) is 0.929. The largest absolute Gasteiger partial charge is 0.378 e. The van der Waals surface area contributed by atoms with E-state index in [-0.39, 0.29) is 16.9 Å². The second kappa shape index (κ2) is 6.53. The van der Waals surface area contributed by atoms with Crippen molar-refractivity contribution in [1.29, 1.82) is 0 Å². The number of nitrogens with one attached hydrogen (secondary N) is 1. The van der Waals surface area contributed by atoms with Crippen LogP contribution in [-0.4, -0.2) is 31.7 Å². The predicted octanol–water partition coefficient (Wildman–Crippen LogP) is 1.83. The number of ether oxygens (including phenoxy) is 1. The lowest BCUT2D eigenvalue weighted by Gasteiger charge is -2.40. The molecule has 3 N–H and O–H groups in total. The van der Waals surface area contributed by atoms with Crippen LogP contribution in [0.25, 0.3) is 0 Å². The van der Waals surface area contributed by atoms with E-state index in [0.717, 1.165) is 32.1 Å². The van der Waals surface area contributed by atoms with Gasteiger partial charge in [0.05, 0.1) is 12.0 Å². The Morgan fingerprint density at radius 1 is 1.39 bits per heavy atom. The SMILES string of the molecule is CCC(CC)(CN)CNC(=O)CC1(OC)CCC1. The van der Waals surface area contributed by atoms with Crippen molar-refractivity contribution in [3.8, 4) is 0 Å². The molecule has 0 heterocycles. The van der Waals surface area contributed by atoms with Gasteiger partial charge >= 0.3 is 0 Å². The number of carbonyl (C=O) groups excluding carboxylic acids is 1. The second-order valence-corrected chi connectivity index (χ2v) is 5.61. The molecule has 0 aliphatic heterocycles. The van der Waals surface area contributed by atoms with E-state index in [1.807, 2.05) is 0 Å². The Labute approximate surface area is 111 Å². The maximum Gasteiger partial charge on any atom is 0.222 e. The van der Waals surface area contributed by atoms with Crippen molar-refractivity contribution in [3.63, 3.8) is 0 Å². The van der Waals surface area contributed by atoms with Crippen LogP contribution in [0.15, 0.2) is 0 Å². The summed E-state index contributed by atoms with van der Waals surface area (Å²) in [6, 6.07) is 0. The summed E-state index contributed by atoms with van der Waals surface area (Å²) >= 11 is 0. The molecule has 4 heteroatoms. The topological polar surface area (TPSA) is 64.3 Å². The third kappa shape index (κ3) is 3.45. The fourth-order valence-corrected chi connectivity index (χ4v) is 2.53.